The summed E-state index contributed by atoms with van der Waals surface area (Å²) < 4.78 is 5.90. The first-order chi connectivity index (χ1) is 10.2. The van der Waals surface area contributed by atoms with Crippen molar-refractivity contribution < 1.29 is 4.74 Å². The van der Waals surface area contributed by atoms with E-state index in [2.05, 4.69) is 27.1 Å². The minimum Gasteiger partial charge on any atom is -0.474 e. The van der Waals surface area contributed by atoms with Crippen LogP contribution in [0.3, 0.4) is 0 Å². The van der Waals surface area contributed by atoms with Crippen molar-refractivity contribution in [3.05, 3.63) is 40.8 Å². The van der Waals surface area contributed by atoms with Crippen LogP contribution in [0.25, 0.3) is 11.3 Å². The van der Waals surface area contributed by atoms with Gasteiger partial charge in [-0.25, -0.2) is 10.1 Å². The first-order valence-corrected chi connectivity index (χ1v) is 7.08. The molecular weight excluding hydrogens is 268 g/mol. The van der Waals surface area contributed by atoms with Crippen LogP contribution in [0.5, 0.6) is 5.88 Å². The predicted molar refractivity (Wildman–Crippen MR) is 79.2 cm³/mol. The maximum Gasteiger partial charge on any atom is 0.264 e. The second-order valence-electron chi connectivity index (χ2n) is 5.31. The van der Waals surface area contributed by atoms with Gasteiger partial charge in [-0.2, -0.15) is 5.10 Å². The third-order valence-electron chi connectivity index (χ3n) is 3.66. The van der Waals surface area contributed by atoms with Crippen LogP contribution in [-0.4, -0.2) is 46.3 Å². The van der Waals surface area contributed by atoms with Crippen LogP contribution in [-0.2, 0) is 0 Å². The Morgan fingerprint density at radius 2 is 2.05 bits per heavy atom. The Balaban J connectivity index is 1.66. The van der Waals surface area contributed by atoms with Crippen molar-refractivity contribution in [2.24, 2.45) is 0 Å². The first kappa shape index (κ1) is 13.8. The van der Waals surface area contributed by atoms with E-state index in [9.17, 15) is 4.79 Å². The van der Waals surface area contributed by atoms with Crippen LogP contribution >= 0.6 is 0 Å². The van der Waals surface area contributed by atoms with Crippen LogP contribution in [0.2, 0.25) is 0 Å². The lowest BCUT2D eigenvalue weighted by molar-refractivity contribution is 0.110. The summed E-state index contributed by atoms with van der Waals surface area (Å²) in [4.78, 5) is 17.6. The molecule has 1 N–H and O–H groups in total. The van der Waals surface area contributed by atoms with Crippen molar-refractivity contribution in [3.8, 4) is 17.1 Å². The molecule has 1 saturated heterocycles. The number of rotatable bonds is 3. The topological polar surface area (TPSA) is 71.1 Å². The lowest BCUT2D eigenvalue weighted by Crippen LogP contribution is -2.35. The number of likely N-dealkylation sites (tertiary alicyclic amines) is 1. The van der Waals surface area contributed by atoms with E-state index in [0.717, 1.165) is 31.5 Å². The molecule has 0 amide bonds. The van der Waals surface area contributed by atoms with Crippen LogP contribution in [0, 0.1) is 0 Å². The number of aromatic amines is 1. The van der Waals surface area contributed by atoms with Crippen LogP contribution in [0.1, 0.15) is 12.8 Å². The fraction of sp³-hybridized carbons (Fsp3) is 0.400. The quantitative estimate of drug-likeness (QED) is 0.921. The number of H-pyrrole nitrogens is 1. The summed E-state index contributed by atoms with van der Waals surface area (Å²) in [6.07, 6.45) is 4.01. The molecule has 2 aromatic heterocycles. The molecule has 0 aromatic carbocycles. The Kier molecular flexibility index (Phi) is 3.96. The minimum atomic E-state index is -0.214. The number of ether oxygens (including phenoxy) is 1. The number of nitrogens with zero attached hydrogens (tertiary/aromatic N) is 3. The number of pyridine rings is 1. The minimum absolute atomic E-state index is 0.214. The zero-order valence-electron chi connectivity index (χ0n) is 12.0. The molecule has 3 rings (SSSR count). The molecule has 6 heteroatoms. The number of aromatic nitrogens is 3. The highest BCUT2D eigenvalue weighted by Crippen LogP contribution is 2.20. The van der Waals surface area contributed by atoms with E-state index in [4.69, 9.17) is 4.74 Å². The van der Waals surface area contributed by atoms with Crippen molar-refractivity contribution in [2.75, 3.05) is 20.1 Å². The Morgan fingerprint density at radius 3 is 2.67 bits per heavy atom. The Morgan fingerprint density at radius 1 is 1.24 bits per heavy atom. The third kappa shape index (κ3) is 3.46. The van der Waals surface area contributed by atoms with E-state index in [1.165, 1.54) is 6.07 Å². The highest BCUT2D eigenvalue weighted by atomic mass is 16.5. The summed E-state index contributed by atoms with van der Waals surface area (Å²) in [6, 6.07) is 6.87. The van der Waals surface area contributed by atoms with Crippen LogP contribution < -0.4 is 10.3 Å². The summed E-state index contributed by atoms with van der Waals surface area (Å²) in [7, 11) is 2.13. The monoisotopic (exact) mass is 286 g/mol. The van der Waals surface area contributed by atoms with Crippen LogP contribution in [0.4, 0.5) is 0 Å². The van der Waals surface area contributed by atoms with Gasteiger partial charge in [0.15, 0.2) is 0 Å². The lowest BCUT2D eigenvalue weighted by Gasteiger charge is -2.28. The molecule has 1 aliphatic heterocycles. The van der Waals surface area contributed by atoms with Gasteiger partial charge in [0, 0.05) is 37.0 Å². The van der Waals surface area contributed by atoms with Crippen molar-refractivity contribution in [2.45, 2.75) is 18.9 Å². The molecule has 21 heavy (non-hydrogen) atoms. The molecule has 0 bridgehead atoms. The van der Waals surface area contributed by atoms with Gasteiger partial charge in [0.2, 0.25) is 5.88 Å². The van der Waals surface area contributed by atoms with Gasteiger partial charge in [0.05, 0.1) is 5.69 Å². The molecule has 0 radical (unpaired) electrons. The van der Waals surface area contributed by atoms with E-state index in [-0.39, 0.29) is 11.7 Å². The largest absolute Gasteiger partial charge is 0.474 e. The molecular formula is C15H18N4O2. The van der Waals surface area contributed by atoms with E-state index in [0.29, 0.717) is 11.6 Å². The number of piperidine rings is 1. The highest BCUT2D eigenvalue weighted by Gasteiger charge is 2.18. The summed E-state index contributed by atoms with van der Waals surface area (Å²) >= 11 is 0. The molecule has 0 unspecified atom stereocenters. The van der Waals surface area contributed by atoms with E-state index in [1.54, 1.807) is 12.3 Å². The van der Waals surface area contributed by atoms with Crippen LogP contribution in [0.15, 0.2) is 35.3 Å². The second kappa shape index (κ2) is 6.05. The summed E-state index contributed by atoms with van der Waals surface area (Å²) in [5.74, 6) is 0.637. The highest BCUT2D eigenvalue weighted by molar-refractivity contribution is 5.57. The molecule has 110 valence electrons. The summed E-state index contributed by atoms with van der Waals surface area (Å²) in [6.45, 7) is 2.12. The Labute approximate surface area is 122 Å². The molecule has 3 heterocycles. The number of hydrogen-bond acceptors (Lipinski definition) is 5. The van der Waals surface area contributed by atoms with Gasteiger partial charge in [0.1, 0.15) is 6.10 Å². The average Bonchev–Trinajstić information content (AvgIpc) is 2.51. The van der Waals surface area contributed by atoms with E-state index < -0.39 is 0 Å². The Bertz CT molecular complexity index is 625. The summed E-state index contributed by atoms with van der Waals surface area (Å²) in [5, 5.41) is 6.39. The molecule has 0 saturated carbocycles. The fourth-order valence-corrected chi connectivity index (χ4v) is 2.38. The van der Waals surface area contributed by atoms with Gasteiger partial charge in [0.25, 0.3) is 5.56 Å². The zero-order valence-corrected chi connectivity index (χ0v) is 12.0. The normalized spacial score (nSPS) is 16.8. The standard InChI is InChI=1S/C15H18N4O2/c1-19-8-6-12(7-9-19)21-15-5-2-11(10-16-15)13-3-4-14(20)18-17-13/h2-5,10,12H,6-9H2,1H3,(H,18,20). The predicted octanol–water partition coefficient (Wildman–Crippen LogP) is 1.30. The van der Waals surface area contributed by atoms with Crippen molar-refractivity contribution >= 4 is 0 Å². The van der Waals surface area contributed by atoms with Crippen molar-refractivity contribution in [1.29, 1.82) is 0 Å². The smallest absolute Gasteiger partial charge is 0.264 e. The maximum atomic E-state index is 11.0. The average molecular weight is 286 g/mol. The molecule has 2 aromatic rings. The molecule has 0 aliphatic carbocycles. The summed E-state index contributed by atoms with van der Waals surface area (Å²) in [5.41, 5.74) is 1.32. The second-order valence-corrected chi connectivity index (χ2v) is 5.31. The maximum absolute atomic E-state index is 11.0. The van der Waals surface area contributed by atoms with Crippen molar-refractivity contribution in [3.63, 3.8) is 0 Å². The van der Waals surface area contributed by atoms with E-state index in [1.807, 2.05) is 12.1 Å². The van der Waals surface area contributed by atoms with E-state index >= 15 is 0 Å². The van der Waals surface area contributed by atoms with Crippen molar-refractivity contribution in [1.82, 2.24) is 20.1 Å². The van der Waals surface area contributed by atoms with Gasteiger partial charge in [-0.15, -0.1) is 0 Å². The molecule has 6 nitrogen and oxygen atoms in total. The third-order valence-corrected chi connectivity index (χ3v) is 3.66. The Hall–Kier alpha value is -2.21. The van der Waals surface area contributed by atoms with Gasteiger partial charge in [-0.05, 0) is 32.0 Å². The van der Waals surface area contributed by atoms with Gasteiger partial charge in [-0.3, -0.25) is 4.79 Å². The van der Waals surface area contributed by atoms with Gasteiger partial charge in [-0.1, -0.05) is 0 Å². The molecule has 1 fully saturated rings. The first-order valence-electron chi connectivity index (χ1n) is 7.08. The zero-order chi connectivity index (χ0) is 14.7. The molecule has 0 spiro atoms. The lowest BCUT2D eigenvalue weighted by atomic mass is 10.1. The fourth-order valence-electron chi connectivity index (χ4n) is 2.38. The van der Waals surface area contributed by atoms with Gasteiger partial charge < -0.3 is 9.64 Å². The molecule has 1 aliphatic rings. The molecule has 0 atom stereocenters. The number of hydrogen-bond donors (Lipinski definition) is 1. The van der Waals surface area contributed by atoms with Gasteiger partial charge >= 0.3 is 0 Å². The SMILES string of the molecule is CN1CCC(Oc2ccc(-c3ccc(=O)[nH]n3)cn2)CC1. The number of nitrogens with one attached hydrogen (secondary N) is 1.